The SMILES string of the molecule is COC(=O)CCc1ccc(C(NS(=O)(=O)c2ccc(Cl)cc2)C2CCCCC2)cc1. The van der Waals surface area contributed by atoms with Crippen LogP contribution in [-0.2, 0) is 26.0 Å². The second-order valence-electron chi connectivity index (χ2n) is 7.77. The highest BCUT2D eigenvalue weighted by atomic mass is 35.5. The Bertz CT molecular complexity index is 936. The molecule has 1 unspecified atom stereocenters. The van der Waals surface area contributed by atoms with Gasteiger partial charge in [0.05, 0.1) is 12.0 Å². The highest BCUT2D eigenvalue weighted by molar-refractivity contribution is 7.89. The van der Waals surface area contributed by atoms with Crippen molar-refractivity contribution in [2.24, 2.45) is 5.92 Å². The van der Waals surface area contributed by atoms with Gasteiger partial charge in [0, 0.05) is 17.5 Å². The third-order valence-electron chi connectivity index (χ3n) is 5.71. The van der Waals surface area contributed by atoms with Gasteiger partial charge in [0.15, 0.2) is 0 Å². The lowest BCUT2D eigenvalue weighted by Gasteiger charge is -2.31. The molecule has 1 saturated carbocycles. The van der Waals surface area contributed by atoms with Gasteiger partial charge in [-0.15, -0.1) is 0 Å². The number of hydrogen-bond donors (Lipinski definition) is 1. The summed E-state index contributed by atoms with van der Waals surface area (Å²) in [6.07, 6.45) is 6.33. The normalized spacial score (nSPS) is 16.2. The Morgan fingerprint density at radius 2 is 1.70 bits per heavy atom. The van der Waals surface area contributed by atoms with Crippen LogP contribution in [-0.4, -0.2) is 21.5 Å². The zero-order chi connectivity index (χ0) is 21.6. The van der Waals surface area contributed by atoms with Crippen LogP contribution in [0.2, 0.25) is 5.02 Å². The Balaban J connectivity index is 1.82. The number of ether oxygens (including phenoxy) is 1. The quantitative estimate of drug-likeness (QED) is 0.572. The molecule has 1 aliphatic rings. The molecule has 3 rings (SSSR count). The number of halogens is 1. The molecule has 1 atom stereocenters. The first-order valence-corrected chi connectivity index (χ1v) is 12.2. The molecular formula is C23H28ClNO4S. The van der Waals surface area contributed by atoms with E-state index in [4.69, 9.17) is 16.3 Å². The number of sulfonamides is 1. The Labute approximate surface area is 183 Å². The zero-order valence-corrected chi connectivity index (χ0v) is 18.7. The van der Waals surface area contributed by atoms with Crippen LogP contribution in [0.25, 0.3) is 0 Å². The summed E-state index contributed by atoms with van der Waals surface area (Å²) in [6.45, 7) is 0. The Morgan fingerprint density at radius 1 is 1.07 bits per heavy atom. The fraction of sp³-hybridized carbons (Fsp3) is 0.435. The van der Waals surface area contributed by atoms with E-state index in [1.165, 1.54) is 25.7 Å². The molecule has 7 heteroatoms. The maximum atomic E-state index is 13.0. The third-order valence-corrected chi connectivity index (χ3v) is 7.42. The maximum absolute atomic E-state index is 13.0. The van der Waals surface area contributed by atoms with Crippen LogP contribution in [0.1, 0.15) is 55.7 Å². The number of hydrogen-bond acceptors (Lipinski definition) is 4. The standard InChI is InChI=1S/C23H28ClNO4S/c1-29-22(26)16-9-17-7-10-19(11-8-17)23(18-5-3-2-4-6-18)25-30(27,28)21-14-12-20(24)13-15-21/h7-8,10-15,18,23,25H,2-6,9,16H2,1H3. The minimum absolute atomic E-state index is 0.211. The Morgan fingerprint density at radius 3 is 2.30 bits per heavy atom. The minimum atomic E-state index is -3.68. The van der Waals surface area contributed by atoms with Crippen molar-refractivity contribution in [2.45, 2.75) is 55.9 Å². The predicted octanol–water partition coefficient (Wildman–Crippen LogP) is 5.05. The number of aryl methyl sites for hydroxylation is 1. The molecule has 0 bridgehead atoms. The first-order chi connectivity index (χ1) is 14.4. The van der Waals surface area contributed by atoms with E-state index < -0.39 is 10.0 Å². The van der Waals surface area contributed by atoms with E-state index in [-0.39, 0.29) is 22.8 Å². The largest absolute Gasteiger partial charge is 0.469 e. The van der Waals surface area contributed by atoms with Gasteiger partial charge in [-0.1, -0.05) is 55.1 Å². The van der Waals surface area contributed by atoms with Crippen LogP contribution in [0.5, 0.6) is 0 Å². The van der Waals surface area contributed by atoms with Crippen molar-refractivity contribution in [3.8, 4) is 0 Å². The molecular weight excluding hydrogens is 422 g/mol. The fourth-order valence-electron chi connectivity index (χ4n) is 3.99. The molecule has 2 aromatic rings. The van der Waals surface area contributed by atoms with Crippen molar-refractivity contribution in [1.29, 1.82) is 0 Å². The molecule has 162 valence electrons. The van der Waals surface area contributed by atoms with E-state index in [0.29, 0.717) is 17.9 Å². The lowest BCUT2D eigenvalue weighted by Crippen LogP contribution is -2.34. The van der Waals surface area contributed by atoms with Gasteiger partial charge >= 0.3 is 5.97 Å². The average molecular weight is 450 g/mol. The van der Waals surface area contributed by atoms with E-state index in [0.717, 1.165) is 36.8 Å². The summed E-state index contributed by atoms with van der Waals surface area (Å²) >= 11 is 5.91. The molecule has 0 amide bonds. The molecule has 0 heterocycles. The van der Waals surface area contributed by atoms with Crippen molar-refractivity contribution in [3.05, 3.63) is 64.7 Å². The molecule has 1 aliphatic carbocycles. The molecule has 30 heavy (non-hydrogen) atoms. The van der Waals surface area contributed by atoms with Crippen molar-refractivity contribution in [2.75, 3.05) is 7.11 Å². The van der Waals surface area contributed by atoms with Crippen LogP contribution < -0.4 is 4.72 Å². The molecule has 2 aromatic carbocycles. The molecule has 0 spiro atoms. The third kappa shape index (κ3) is 6.06. The second-order valence-corrected chi connectivity index (χ2v) is 9.92. The van der Waals surface area contributed by atoms with Gasteiger partial charge in [-0.2, -0.15) is 0 Å². The van der Waals surface area contributed by atoms with Gasteiger partial charge in [-0.05, 0) is 60.6 Å². The monoisotopic (exact) mass is 449 g/mol. The highest BCUT2D eigenvalue weighted by Crippen LogP contribution is 2.35. The van der Waals surface area contributed by atoms with Gasteiger partial charge in [0.2, 0.25) is 10.0 Å². The molecule has 5 nitrogen and oxygen atoms in total. The molecule has 0 radical (unpaired) electrons. The van der Waals surface area contributed by atoms with E-state index in [1.807, 2.05) is 24.3 Å². The summed E-state index contributed by atoms with van der Waals surface area (Å²) in [6, 6.07) is 13.8. The van der Waals surface area contributed by atoms with Crippen molar-refractivity contribution < 1.29 is 17.9 Å². The molecule has 0 saturated heterocycles. The number of nitrogens with one attached hydrogen (secondary N) is 1. The second kappa shape index (κ2) is 10.4. The smallest absolute Gasteiger partial charge is 0.305 e. The minimum Gasteiger partial charge on any atom is -0.469 e. The van der Waals surface area contributed by atoms with Gasteiger partial charge in [0.1, 0.15) is 0 Å². The number of esters is 1. The number of benzene rings is 2. The lowest BCUT2D eigenvalue weighted by atomic mass is 9.81. The average Bonchev–Trinajstić information content (AvgIpc) is 2.77. The topological polar surface area (TPSA) is 72.5 Å². The first-order valence-electron chi connectivity index (χ1n) is 10.3. The molecule has 1 N–H and O–H groups in total. The van der Waals surface area contributed by atoms with Crippen LogP contribution in [0.15, 0.2) is 53.4 Å². The van der Waals surface area contributed by atoms with Gasteiger partial charge in [0.25, 0.3) is 0 Å². The summed E-state index contributed by atoms with van der Waals surface area (Å²) in [4.78, 5) is 11.6. The highest BCUT2D eigenvalue weighted by Gasteiger charge is 2.29. The summed E-state index contributed by atoms with van der Waals surface area (Å²) in [5.74, 6) is 0.0108. The van der Waals surface area contributed by atoms with Crippen molar-refractivity contribution in [3.63, 3.8) is 0 Å². The first kappa shape index (κ1) is 22.8. The maximum Gasteiger partial charge on any atom is 0.305 e. The molecule has 0 aliphatic heterocycles. The summed E-state index contributed by atoms with van der Waals surface area (Å²) in [5, 5.41) is 0.500. The number of carbonyl (C=O) groups is 1. The Hall–Kier alpha value is -1.89. The van der Waals surface area contributed by atoms with Gasteiger partial charge in [-0.3, -0.25) is 4.79 Å². The summed E-state index contributed by atoms with van der Waals surface area (Å²) in [7, 11) is -2.30. The van der Waals surface area contributed by atoms with Crippen molar-refractivity contribution >= 4 is 27.6 Å². The fourth-order valence-corrected chi connectivity index (χ4v) is 5.41. The van der Waals surface area contributed by atoms with Crippen LogP contribution >= 0.6 is 11.6 Å². The molecule has 0 aromatic heterocycles. The Kier molecular flexibility index (Phi) is 7.92. The van der Waals surface area contributed by atoms with E-state index in [1.54, 1.807) is 12.1 Å². The van der Waals surface area contributed by atoms with Crippen LogP contribution in [0.3, 0.4) is 0 Å². The molecule has 1 fully saturated rings. The zero-order valence-electron chi connectivity index (χ0n) is 17.1. The van der Waals surface area contributed by atoms with E-state index in [9.17, 15) is 13.2 Å². The van der Waals surface area contributed by atoms with E-state index in [2.05, 4.69) is 4.72 Å². The summed E-state index contributed by atoms with van der Waals surface area (Å²) < 4.78 is 33.7. The van der Waals surface area contributed by atoms with Gasteiger partial charge in [-0.25, -0.2) is 13.1 Å². The lowest BCUT2D eigenvalue weighted by molar-refractivity contribution is -0.140. The van der Waals surface area contributed by atoms with Crippen LogP contribution in [0, 0.1) is 5.92 Å². The number of carbonyl (C=O) groups excluding carboxylic acids is 1. The van der Waals surface area contributed by atoms with E-state index >= 15 is 0 Å². The summed E-state index contributed by atoms with van der Waals surface area (Å²) in [5.41, 5.74) is 1.97. The van der Waals surface area contributed by atoms with Gasteiger partial charge < -0.3 is 4.74 Å². The number of rotatable bonds is 8. The predicted molar refractivity (Wildman–Crippen MR) is 118 cm³/mol. The van der Waals surface area contributed by atoms with Crippen LogP contribution in [0.4, 0.5) is 0 Å². The van der Waals surface area contributed by atoms with Crippen molar-refractivity contribution in [1.82, 2.24) is 4.72 Å². The number of methoxy groups -OCH3 is 1.